The monoisotopic (exact) mass is 565 g/mol. The van der Waals surface area contributed by atoms with Crippen LogP contribution in [0.25, 0.3) is 0 Å². The van der Waals surface area contributed by atoms with Crippen molar-refractivity contribution in [3.8, 4) is 0 Å². The first kappa shape index (κ1) is 31.0. The van der Waals surface area contributed by atoms with Gasteiger partial charge in [0.15, 0.2) is 0 Å². The van der Waals surface area contributed by atoms with Crippen LogP contribution in [0.3, 0.4) is 0 Å². The molecule has 3 heterocycles. The van der Waals surface area contributed by atoms with Gasteiger partial charge in [-0.15, -0.1) is 13.2 Å². The van der Waals surface area contributed by atoms with Gasteiger partial charge in [-0.3, -0.25) is 14.4 Å². The van der Waals surface area contributed by atoms with Gasteiger partial charge in [0.05, 0.1) is 30.1 Å². The van der Waals surface area contributed by atoms with Crippen molar-refractivity contribution in [3.05, 3.63) is 55.6 Å². The summed E-state index contributed by atoms with van der Waals surface area (Å²) >= 11 is 0. The summed E-state index contributed by atoms with van der Waals surface area (Å²) in [7, 11) is 0. The zero-order valence-corrected chi connectivity index (χ0v) is 25.3. The van der Waals surface area contributed by atoms with Gasteiger partial charge in [0.1, 0.15) is 11.6 Å². The van der Waals surface area contributed by atoms with Crippen molar-refractivity contribution in [3.63, 3.8) is 0 Å². The molecule has 3 aliphatic rings. The van der Waals surface area contributed by atoms with Crippen LogP contribution in [-0.2, 0) is 19.1 Å². The molecule has 8 atom stereocenters. The molecule has 1 aromatic carbocycles. The SMILES string of the molecule is C=CCN(C(=O)[C@H]1[C@H]2C(=O)N([C@@H](CC)CO)C(C(=O)N(CC=C)C(C)CCC)C23CC(C)[C@]1(C)O3)c1ccccc1. The Hall–Kier alpha value is -2.97. The molecule has 3 saturated heterocycles. The second kappa shape index (κ2) is 12.1. The Kier molecular flexibility index (Phi) is 9.14. The molecule has 3 fully saturated rings. The molecule has 8 heteroatoms. The van der Waals surface area contributed by atoms with Crippen LogP contribution in [0, 0.1) is 17.8 Å². The van der Waals surface area contributed by atoms with Gasteiger partial charge < -0.3 is 24.5 Å². The molecule has 0 saturated carbocycles. The lowest BCUT2D eigenvalue weighted by molar-refractivity contribution is -0.156. The number of ether oxygens (including phenoxy) is 1. The van der Waals surface area contributed by atoms with E-state index in [1.165, 1.54) is 0 Å². The minimum absolute atomic E-state index is 0.0719. The van der Waals surface area contributed by atoms with Gasteiger partial charge in [0.25, 0.3) is 0 Å². The fourth-order valence-electron chi connectivity index (χ4n) is 7.72. The van der Waals surface area contributed by atoms with Crippen molar-refractivity contribution in [2.75, 3.05) is 24.6 Å². The second-order valence-electron chi connectivity index (χ2n) is 12.2. The number of fused-ring (bicyclic) bond motifs is 1. The van der Waals surface area contributed by atoms with Gasteiger partial charge >= 0.3 is 0 Å². The van der Waals surface area contributed by atoms with E-state index in [-0.39, 0.29) is 42.8 Å². The molecule has 3 amide bonds. The third-order valence-electron chi connectivity index (χ3n) is 9.82. The fourth-order valence-corrected chi connectivity index (χ4v) is 7.72. The Morgan fingerprint density at radius 2 is 1.83 bits per heavy atom. The summed E-state index contributed by atoms with van der Waals surface area (Å²) in [5.41, 5.74) is -1.39. The molecule has 4 rings (SSSR count). The number of rotatable bonds is 13. The Balaban J connectivity index is 1.86. The van der Waals surface area contributed by atoms with Crippen LogP contribution in [0.5, 0.6) is 0 Å². The zero-order chi connectivity index (χ0) is 30.1. The van der Waals surface area contributed by atoms with Crippen molar-refractivity contribution < 1.29 is 24.2 Å². The maximum Gasteiger partial charge on any atom is 0.248 e. The lowest BCUT2D eigenvalue weighted by Crippen LogP contribution is -2.60. The van der Waals surface area contributed by atoms with Crippen LogP contribution in [-0.4, -0.2) is 81.7 Å². The van der Waals surface area contributed by atoms with Crippen LogP contribution >= 0.6 is 0 Å². The summed E-state index contributed by atoms with van der Waals surface area (Å²) in [5.74, 6) is -2.41. The Morgan fingerprint density at radius 1 is 1.17 bits per heavy atom. The van der Waals surface area contributed by atoms with E-state index in [4.69, 9.17) is 4.74 Å². The van der Waals surface area contributed by atoms with Gasteiger partial charge in [0, 0.05) is 24.8 Å². The number of nitrogens with zero attached hydrogens (tertiary/aromatic N) is 3. The number of likely N-dealkylation sites (tertiary alicyclic amines) is 1. The Bertz CT molecular complexity index is 1150. The molecular weight excluding hydrogens is 518 g/mol. The molecule has 224 valence electrons. The van der Waals surface area contributed by atoms with Crippen molar-refractivity contribution in [1.29, 1.82) is 0 Å². The number of para-hydroxylation sites is 1. The number of carbonyl (C=O) groups excluding carboxylic acids is 3. The highest BCUT2D eigenvalue weighted by Gasteiger charge is 2.80. The van der Waals surface area contributed by atoms with E-state index in [1.54, 1.807) is 26.9 Å². The van der Waals surface area contributed by atoms with Crippen LogP contribution in [0.1, 0.15) is 60.3 Å². The van der Waals surface area contributed by atoms with Crippen molar-refractivity contribution >= 4 is 23.4 Å². The van der Waals surface area contributed by atoms with E-state index >= 15 is 0 Å². The summed E-state index contributed by atoms with van der Waals surface area (Å²) in [6.45, 7) is 18.1. The molecule has 1 aromatic rings. The minimum atomic E-state index is -1.17. The Morgan fingerprint density at radius 3 is 2.39 bits per heavy atom. The highest BCUT2D eigenvalue weighted by atomic mass is 16.5. The predicted octanol–water partition coefficient (Wildman–Crippen LogP) is 4.19. The molecule has 0 aliphatic carbocycles. The first-order valence-electron chi connectivity index (χ1n) is 15.1. The average Bonchev–Trinajstić information content (AvgIpc) is 3.47. The van der Waals surface area contributed by atoms with E-state index < -0.39 is 35.1 Å². The number of aliphatic hydroxyl groups excluding tert-OH is 1. The molecule has 8 nitrogen and oxygen atoms in total. The average molecular weight is 566 g/mol. The van der Waals surface area contributed by atoms with Gasteiger partial charge in [-0.1, -0.05) is 57.5 Å². The summed E-state index contributed by atoms with van der Waals surface area (Å²) in [5, 5.41) is 10.4. The third kappa shape index (κ3) is 4.83. The fraction of sp³-hybridized carbons (Fsp3) is 0.606. The van der Waals surface area contributed by atoms with E-state index in [1.807, 2.05) is 58.0 Å². The lowest BCUT2D eigenvalue weighted by atomic mass is 9.62. The molecule has 0 radical (unpaired) electrons. The zero-order valence-electron chi connectivity index (χ0n) is 25.3. The molecule has 1 N–H and O–H groups in total. The number of hydrogen-bond acceptors (Lipinski definition) is 5. The number of hydrogen-bond donors (Lipinski definition) is 1. The summed E-state index contributed by atoms with van der Waals surface area (Å²) in [6.07, 6.45) is 6.04. The molecule has 1 spiro atoms. The largest absolute Gasteiger partial charge is 0.394 e. The second-order valence-corrected chi connectivity index (χ2v) is 12.2. The first-order chi connectivity index (χ1) is 19.6. The molecule has 3 aliphatic heterocycles. The normalized spacial score (nSPS) is 31.5. The quantitative estimate of drug-likeness (QED) is 0.362. The number of anilines is 1. The first-order valence-corrected chi connectivity index (χ1v) is 15.1. The minimum Gasteiger partial charge on any atom is -0.394 e. The van der Waals surface area contributed by atoms with Gasteiger partial charge in [-0.2, -0.15) is 0 Å². The summed E-state index contributed by atoms with van der Waals surface area (Å²) < 4.78 is 6.93. The predicted molar refractivity (Wildman–Crippen MR) is 160 cm³/mol. The number of aliphatic hydroxyl groups is 1. The molecule has 41 heavy (non-hydrogen) atoms. The van der Waals surface area contributed by atoms with E-state index in [0.29, 0.717) is 25.1 Å². The standard InChI is InChI=1S/C33H47N3O5/c1-8-15-23(6)34(18-9-2)31(40)28-33-20-22(5)32(7,41-33)26(27(33)30(39)36(28)24(11-4)21-37)29(38)35(19-10-3)25-16-13-12-14-17-25/h9-10,12-14,16-17,22-24,26-28,37H,2-3,8,11,15,18-21H2,1,4-7H3/t22?,23?,24-,26+,27-,28?,32-,33?/m0/s1. The van der Waals surface area contributed by atoms with Crippen molar-refractivity contribution in [2.45, 2.75) is 89.6 Å². The van der Waals surface area contributed by atoms with Crippen molar-refractivity contribution in [1.82, 2.24) is 9.80 Å². The maximum atomic E-state index is 14.6. The summed E-state index contributed by atoms with van der Waals surface area (Å²) in [4.78, 5) is 48.8. The van der Waals surface area contributed by atoms with Gasteiger partial charge in [-0.25, -0.2) is 0 Å². The van der Waals surface area contributed by atoms with Crippen LogP contribution in [0.2, 0.25) is 0 Å². The topological polar surface area (TPSA) is 90.4 Å². The van der Waals surface area contributed by atoms with E-state index in [2.05, 4.69) is 20.1 Å². The van der Waals surface area contributed by atoms with Crippen LogP contribution in [0.15, 0.2) is 55.6 Å². The number of carbonyl (C=O) groups is 3. The molecule has 4 unspecified atom stereocenters. The Labute approximate surface area is 245 Å². The van der Waals surface area contributed by atoms with Crippen LogP contribution < -0.4 is 4.90 Å². The van der Waals surface area contributed by atoms with Gasteiger partial charge in [0.2, 0.25) is 17.7 Å². The molecule has 0 aromatic heterocycles. The van der Waals surface area contributed by atoms with Crippen molar-refractivity contribution in [2.24, 2.45) is 17.8 Å². The highest BCUT2D eigenvalue weighted by molar-refractivity contribution is 6.03. The van der Waals surface area contributed by atoms with Crippen LogP contribution in [0.4, 0.5) is 5.69 Å². The molecular formula is C33H47N3O5. The third-order valence-corrected chi connectivity index (χ3v) is 9.82. The molecule has 2 bridgehead atoms. The lowest BCUT2D eigenvalue weighted by Gasteiger charge is -2.41. The summed E-state index contributed by atoms with van der Waals surface area (Å²) in [6, 6.07) is 7.79. The smallest absolute Gasteiger partial charge is 0.248 e. The van der Waals surface area contributed by atoms with Gasteiger partial charge in [-0.05, 0) is 51.2 Å². The maximum absolute atomic E-state index is 14.6. The van der Waals surface area contributed by atoms with E-state index in [0.717, 1.165) is 12.8 Å². The van der Waals surface area contributed by atoms with E-state index in [9.17, 15) is 19.5 Å². The number of amides is 3. The highest BCUT2D eigenvalue weighted by Crippen LogP contribution is 2.66. The number of benzene rings is 1.